The number of rotatable bonds is 9. The van der Waals surface area contributed by atoms with Gasteiger partial charge in [-0.15, -0.1) is 0 Å². The molecule has 8 heteroatoms. The third-order valence-electron chi connectivity index (χ3n) is 3.92. The molecular formula is C20H26N2O5S. The van der Waals surface area contributed by atoms with Crippen molar-refractivity contribution in [2.45, 2.75) is 25.7 Å². The van der Waals surface area contributed by atoms with Crippen molar-refractivity contribution in [1.29, 1.82) is 0 Å². The van der Waals surface area contributed by atoms with Gasteiger partial charge in [0.1, 0.15) is 18.1 Å². The van der Waals surface area contributed by atoms with Gasteiger partial charge in [-0.05, 0) is 62.2 Å². The Kier molecular flexibility index (Phi) is 7.42. The molecule has 1 amide bonds. The predicted molar refractivity (Wildman–Crippen MR) is 108 cm³/mol. The second-order valence-electron chi connectivity index (χ2n) is 6.29. The SMILES string of the molecule is CCNC(=O)c1cc(S(=O)(=O)NCCOc2cc(C)cc(C)c2)ccc1OC. The van der Waals surface area contributed by atoms with Crippen molar-refractivity contribution in [3.63, 3.8) is 0 Å². The Morgan fingerprint density at radius 1 is 1.07 bits per heavy atom. The number of carbonyl (C=O) groups is 1. The van der Waals surface area contributed by atoms with Crippen LogP contribution in [-0.4, -0.2) is 41.1 Å². The van der Waals surface area contributed by atoms with Crippen molar-refractivity contribution >= 4 is 15.9 Å². The minimum atomic E-state index is -3.79. The normalized spacial score (nSPS) is 11.1. The molecule has 2 aromatic rings. The second kappa shape index (κ2) is 9.57. The number of aryl methyl sites for hydroxylation is 2. The summed E-state index contributed by atoms with van der Waals surface area (Å²) in [6.07, 6.45) is 0. The average molecular weight is 407 g/mol. The summed E-state index contributed by atoms with van der Waals surface area (Å²) in [5.74, 6) is 0.609. The highest BCUT2D eigenvalue weighted by Gasteiger charge is 2.19. The van der Waals surface area contributed by atoms with Crippen LogP contribution in [-0.2, 0) is 10.0 Å². The van der Waals surface area contributed by atoms with Crippen LogP contribution in [0.4, 0.5) is 0 Å². The van der Waals surface area contributed by atoms with E-state index in [1.165, 1.54) is 25.3 Å². The van der Waals surface area contributed by atoms with E-state index in [1.54, 1.807) is 6.92 Å². The molecule has 0 unspecified atom stereocenters. The molecule has 0 spiro atoms. The number of hydrogen-bond donors (Lipinski definition) is 2. The molecule has 0 bridgehead atoms. The molecule has 152 valence electrons. The summed E-state index contributed by atoms with van der Waals surface area (Å²) in [6, 6.07) is 9.98. The zero-order valence-electron chi connectivity index (χ0n) is 16.5. The first-order valence-corrected chi connectivity index (χ1v) is 10.4. The van der Waals surface area contributed by atoms with Gasteiger partial charge in [0.05, 0.1) is 17.6 Å². The fourth-order valence-corrected chi connectivity index (χ4v) is 3.77. The molecule has 0 aliphatic carbocycles. The van der Waals surface area contributed by atoms with Gasteiger partial charge in [-0.25, -0.2) is 13.1 Å². The smallest absolute Gasteiger partial charge is 0.255 e. The number of carbonyl (C=O) groups excluding carboxylic acids is 1. The summed E-state index contributed by atoms with van der Waals surface area (Å²) in [7, 11) is -2.37. The van der Waals surface area contributed by atoms with Crippen LogP contribution < -0.4 is 19.5 Å². The third-order valence-corrected chi connectivity index (χ3v) is 5.38. The number of benzene rings is 2. The number of methoxy groups -OCH3 is 1. The van der Waals surface area contributed by atoms with E-state index >= 15 is 0 Å². The Labute approximate surface area is 166 Å². The van der Waals surface area contributed by atoms with E-state index in [-0.39, 0.29) is 23.6 Å². The lowest BCUT2D eigenvalue weighted by atomic mass is 10.1. The van der Waals surface area contributed by atoms with Gasteiger partial charge in [0, 0.05) is 13.1 Å². The van der Waals surface area contributed by atoms with E-state index in [0.717, 1.165) is 11.1 Å². The highest BCUT2D eigenvalue weighted by atomic mass is 32.2. The molecule has 0 saturated heterocycles. The van der Waals surface area contributed by atoms with Crippen molar-refractivity contribution in [3.05, 3.63) is 53.1 Å². The van der Waals surface area contributed by atoms with Crippen LogP contribution >= 0.6 is 0 Å². The summed E-state index contributed by atoms with van der Waals surface area (Å²) >= 11 is 0. The highest BCUT2D eigenvalue weighted by molar-refractivity contribution is 7.89. The van der Waals surface area contributed by atoms with Gasteiger partial charge in [0.25, 0.3) is 5.91 Å². The topological polar surface area (TPSA) is 93.7 Å². The molecule has 0 heterocycles. The number of ether oxygens (including phenoxy) is 2. The summed E-state index contributed by atoms with van der Waals surface area (Å²) in [5.41, 5.74) is 2.32. The van der Waals surface area contributed by atoms with Crippen LogP contribution in [0.25, 0.3) is 0 Å². The van der Waals surface area contributed by atoms with Gasteiger partial charge in [-0.3, -0.25) is 4.79 Å². The maximum atomic E-state index is 12.5. The first kappa shape index (κ1) is 21.7. The maximum absolute atomic E-state index is 12.5. The molecule has 2 rings (SSSR count). The number of hydrogen-bond acceptors (Lipinski definition) is 5. The Bertz CT molecular complexity index is 921. The van der Waals surface area contributed by atoms with Crippen LogP contribution in [0.5, 0.6) is 11.5 Å². The van der Waals surface area contributed by atoms with Gasteiger partial charge in [-0.2, -0.15) is 0 Å². The van der Waals surface area contributed by atoms with Crippen LogP contribution in [0, 0.1) is 13.8 Å². The van der Waals surface area contributed by atoms with Gasteiger partial charge >= 0.3 is 0 Å². The number of nitrogens with one attached hydrogen (secondary N) is 2. The molecule has 2 aromatic carbocycles. The number of sulfonamides is 1. The summed E-state index contributed by atoms with van der Waals surface area (Å²) in [4.78, 5) is 12.1. The molecule has 0 saturated carbocycles. The van der Waals surface area contributed by atoms with Crippen molar-refractivity contribution in [1.82, 2.24) is 10.0 Å². The molecule has 28 heavy (non-hydrogen) atoms. The molecular weight excluding hydrogens is 380 g/mol. The largest absolute Gasteiger partial charge is 0.496 e. The van der Waals surface area contributed by atoms with Gasteiger partial charge in [-0.1, -0.05) is 6.07 Å². The molecule has 7 nitrogen and oxygen atoms in total. The zero-order chi connectivity index (χ0) is 20.7. The van der Waals surface area contributed by atoms with Crippen LogP contribution in [0.3, 0.4) is 0 Å². The molecule has 0 fully saturated rings. The average Bonchev–Trinajstić information content (AvgIpc) is 2.64. The minimum absolute atomic E-state index is 0.0130. The maximum Gasteiger partial charge on any atom is 0.255 e. The van der Waals surface area contributed by atoms with E-state index in [4.69, 9.17) is 9.47 Å². The third kappa shape index (κ3) is 5.71. The first-order chi connectivity index (χ1) is 13.3. The van der Waals surface area contributed by atoms with E-state index in [1.807, 2.05) is 32.0 Å². The lowest BCUT2D eigenvalue weighted by Crippen LogP contribution is -2.29. The van der Waals surface area contributed by atoms with E-state index in [9.17, 15) is 13.2 Å². The van der Waals surface area contributed by atoms with Crippen molar-refractivity contribution in [2.24, 2.45) is 0 Å². The highest BCUT2D eigenvalue weighted by Crippen LogP contribution is 2.22. The van der Waals surface area contributed by atoms with Gasteiger partial charge in [0.15, 0.2) is 0 Å². The molecule has 0 aliphatic rings. The summed E-state index contributed by atoms with van der Waals surface area (Å²) in [5, 5.41) is 2.64. The Morgan fingerprint density at radius 2 is 1.75 bits per heavy atom. The standard InChI is InChI=1S/C20H26N2O5S/c1-5-21-20(23)18-13-17(6-7-19(18)26-4)28(24,25)22-8-9-27-16-11-14(2)10-15(3)12-16/h6-7,10-13,22H,5,8-9H2,1-4H3,(H,21,23). The lowest BCUT2D eigenvalue weighted by molar-refractivity contribution is 0.0952. The lowest BCUT2D eigenvalue weighted by Gasteiger charge is -2.12. The zero-order valence-corrected chi connectivity index (χ0v) is 17.4. The van der Waals surface area contributed by atoms with Crippen molar-refractivity contribution in [2.75, 3.05) is 26.8 Å². The van der Waals surface area contributed by atoms with Crippen LogP contribution in [0.2, 0.25) is 0 Å². The molecule has 0 aromatic heterocycles. The molecule has 2 N–H and O–H groups in total. The minimum Gasteiger partial charge on any atom is -0.496 e. The molecule has 0 atom stereocenters. The fraction of sp³-hybridized carbons (Fsp3) is 0.350. The van der Waals surface area contributed by atoms with E-state index in [2.05, 4.69) is 10.0 Å². The first-order valence-electron chi connectivity index (χ1n) is 8.94. The molecule has 0 radical (unpaired) electrons. The monoisotopic (exact) mass is 406 g/mol. The summed E-state index contributed by atoms with van der Waals surface area (Å²) in [6.45, 7) is 6.42. The number of amides is 1. The second-order valence-corrected chi connectivity index (χ2v) is 8.06. The Morgan fingerprint density at radius 3 is 2.36 bits per heavy atom. The van der Waals surface area contributed by atoms with Crippen LogP contribution in [0.1, 0.15) is 28.4 Å². The Balaban J connectivity index is 2.05. The van der Waals surface area contributed by atoms with Crippen LogP contribution in [0.15, 0.2) is 41.3 Å². The van der Waals surface area contributed by atoms with E-state index < -0.39 is 15.9 Å². The molecule has 0 aliphatic heterocycles. The van der Waals surface area contributed by atoms with Gasteiger partial charge < -0.3 is 14.8 Å². The van der Waals surface area contributed by atoms with Gasteiger partial charge in [0.2, 0.25) is 10.0 Å². The predicted octanol–water partition coefficient (Wildman–Crippen LogP) is 2.42. The Hall–Kier alpha value is -2.58. The van der Waals surface area contributed by atoms with E-state index in [0.29, 0.717) is 18.0 Å². The summed E-state index contributed by atoms with van der Waals surface area (Å²) < 4.78 is 38.3. The fourth-order valence-electron chi connectivity index (χ4n) is 2.73. The van der Waals surface area contributed by atoms with Crippen molar-refractivity contribution < 1.29 is 22.7 Å². The van der Waals surface area contributed by atoms with Crippen molar-refractivity contribution in [3.8, 4) is 11.5 Å². The quantitative estimate of drug-likeness (QED) is 0.624.